The topological polar surface area (TPSA) is 91.3 Å². The number of nitrogens with zero attached hydrogens (tertiary/aromatic N) is 3. The molecular formula is C16H18N4O4S. The fourth-order valence-corrected chi connectivity index (χ4v) is 3.64. The molecule has 1 aromatic carbocycles. The van der Waals surface area contributed by atoms with Gasteiger partial charge in [-0.2, -0.15) is 0 Å². The van der Waals surface area contributed by atoms with E-state index in [4.69, 9.17) is 0 Å². The number of likely N-dealkylation sites (N-methyl/N-ethyl adjacent to an activating group) is 1. The number of thioether (sulfide) groups is 1. The predicted molar refractivity (Wildman–Crippen MR) is 92.8 cm³/mol. The van der Waals surface area contributed by atoms with Crippen LogP contribution < -0.4 is 5.32 Å². The molecule has 0 aromatic heterocycles. The van der Waals surface area contributed by atoms with Crippen molar-refractivity contribution in [3.8, 4) is 0 Å². The Balaban J connectivity index is 1.87. The van der Waals surface area contributed by atoms with Crippen LogP contribution in [0.3, 0.4) is 0 Å². The van der Waals surface area contributed by atoms with E-state index >= 15 is 0 Å². The number of nitrogens with one attached hydrogen (secondary N) is 1. The number of ether oxygens (including phenoxy) is 1. The van der Waals surface area contributed by atoms with Gasteiger partial charge in [0.1, 0.15) is 0 Å². The molecule has 0 radical (unpaired) electrons. The van der Waals surface area contributed by atoms with E-state index in [9.17, 15) is 14.4 Å². The first-order valence-electron chi connectivity index (χ1n) is 7.67. The molecule has 132 valence electrons. The second kappa shape index (κ2) is 7.14. The molecule has 1 aromatic rings. The van der Waals surface area contributed by atoms with Crippen molar-refractivity contribution in [2.45, 2.75) is 18.8 Å². The maximum atomic E-state index is 12.4. The van der Waals surface area contributed by atoms with Crippen LogP contribution in [0.1, 0.15) is 5.56 Å². The number of esters is 1. The highest BCUT2D eigenvalue weighted by molar-refractivity contribution is 8.14. The molecule has 2 unspecified atom stereocenters. The molecule has 1 fully saturated rings. The second-order valence-corrected chi connectivity index (χ2v) is 6.60. The number of aliphatic imine (C=N–C) groups is 1. The van der Waals surface area contributed by atoms with E-state index in [0.29, 0.717) is 11.7 Å². The lowest BCUT2D eigenvalue weighted by molar-refractivity contribution is -0.137. The van der Waals surface area contributed by atoms with Crippen LogP contribution in [0.4, 0.5) is 4.79 Å². The fourth-order valence-electron chi connectivity index (χ4n) is 2.75. The number of rotatable bonds is 4. The van der Waals surface area contributed by atoms with Crippen LogP contribution in [0.25, 0.3) is 0 Å². The molecule has 25 heavy (non-hydrogen) atoms. The summed E-state index contributed by atoms with van der Waals surface area (Å²) in [5, 5.41) is 2.89. The summed E-state index contributed by atoms with van der Waals surface area (Å²) in [6.45, 7) is 0.449. The summed E-state index contributed by atoms with van der Waals surface area (Å²) in [4.78, 5) is 43.5. The average molecular weight is 362 g/mol. The number of fused-ring (bicyclic) bond motifs is 1. The van der Waals surface area contributed by atoms with Gasteiger partial charge in [0, 0.05) is 13.6 Å². The van der Waals surface area contributed by atoms with E-state index in [0.717, 1.165) is 5.56 Å². The standard InChI is InChI=1S/C16H18N4O4S/c1-19-13-12(14(22)18-15(19)23)20(8-10-6-4-3-5-7-10)16(17-13)25-9-11(21)24-2/h3-7,12-13H,8-9H2,1-2H3,(H,18,22,23). The Hall–Kier alpha value is -2.55. The van der Waals surface area contributed by atoms with Gasteiger partial charge < -0.3 is 14.5 Å². The first-order valence-corrected chi connectivity index (χ1v) is 8.65. The minimum Gasteiger partial charge on any atom is -0.468 e. The number of urea groups is 1. The minimum atomic E-state index is -0.622. The molecular weight excluding hydrogens is 344 g/mol. The van der Waals surface area contributed by atoms with Gasteiger partial charge in [-0.25, -0.2) is 9.79 Å². The molecule has 0 bridgehead atoms. The summed E-state index contributed by atoms with van der Waals surface area (Å²) in [7, 11) is 2.91. The van der Waals surface area contributed by atoms with E-state index in [1.54, 1.807) is 7.05 Å². The van der Waals surface area contributed by atoms with Gasteiger partial charge in [-0.1, -0.05) is 42.1 Å². The Morgan fingerprint density at radius 1 is 1.32 bits per heavy atom. The third kappa shape index (κ3) is 3.46. The number of imide groups is 1. The highest BCUT2D eigenvalue weighted by atomic mass is 32.2. The van der Waals surface area contributed by atoms with Crippen LogP contribution in [-0.2, 0) is 20.9 Å². The maximum absolute atomic E-state index is 12.4. The molecule has 2 aliphatic heterocycles. The zero-order valence-corrected chi connectivity index (χ0v) is 14.7. The molecule has 1 N–H and O–H groups in total. The normalized spacial score (nSPS) is 22.4. The smallest absolute Gasteiger partial charge is 0.325 e. The van der Waals surface area contributed by atoms with Crippen molar-refractivity contribution in [1.29, 1.82) is 0 Å². The molecule has 9 heteroatoms. The number of hydrogen-bond acceptors (Lipinski definition) is 7. The Morgan fingerprint density at radius 3 is 2.72 bits per heavy atom. The van der Waals surface area contributed by atoms with E-state index in [1.165, 1.54) is 23.8 Å². The monoisotopic (exact) mass is 362 g/mol. The molecule has 1 saturated heterocycles. The summed E-state index contributed by atoms with van der Waals surface area (Å²) < 4.78 is 4.66. The molecule has 2 aliphatic rings. The lowest BCUT2D eigenvalue weighted by Gasteiger charge is -2.36. The van der Waals surface area contributed by atoms with E-state index in [-0.39, 0.29) is 17.6 Å². The number of benzene rings is 1. The lowest BCUT2D eigenvalue weighted by atomic mass is 10.1. The van der Waals surface area contributed by atoms with Gasteiger partial charge in [-0.05, 0) is 5.56 Å². The maximum Gasteiger partial charge on any atom is 0.325 e. The molecule has 0 saturated carbocycles. The zero-order chi connectivity index (χ0) is 18.0. The van der Waals surface area contributed by atoms with Crippen LogP contribution in [0, 0.1) is 0 Å². The van der Waals surface area contributed by atoms with Crippen LogP contribution in [0.2, 0.25) is 0 Å². The summed E-state index contributed by atoms with van der Waals surface area (Å²) in [6.07, 6.45) is -0.606. The third-order valence-electron chi connectivity index (χ3n) is 4.07. The lowest BCUT2D eigenvalue weighted by Crippen LogP contribution is -2.63. The highest BCUT2D eigenvalue weighted by Crippen LogP contribution is 2.30. The highest BCUT2D eigenvalue weighted by Gasteiger charge is 2.48. The van der Waals surface area contributed by atoms with Crippen LogP contribution >= 0.6 is 11.8 Å². The first kappa shape index (κ1) is 17.3. The van der Waals surface area contributed by atoms with Gasteiger partial charge >= 0.3 is 12.0 Å². The van der Waals surface area contributed by atoms with Crippen molar-refractivity contribution in [3.63, 3.8) is 0 Å². The van der Waals surface area contributed by atoms with E-state index in [1.807, 2.05) is 35.2 Å². The van der Waals surface area contributed by atoms with E-state index < -0.39 is 18.2 Å². The van der Waals surface area contributed by atoms with Gasteiger partial charge in [0.15, 0.2) is 17.4 Å². The minimum absolute atomic E-state index is 0.0827. The van der Waals surface area contributed by atoms with Crippen molar-refractivity contribution in [3.05, 3.63) is 35.9 Å². The molecule has 0 spiro atoms. The fraction of sp³-hybridized carbons (Fsp3) is 0.375. The van der Waals surface area contributed by atoms with Crippen LogP contribution in [-0.4, -0.2) is 65.0 Å². The van der Waals surface area contributed by atoms with Gasteiger partial charge in [0.05, 0.1) is 12.9 Å². The van der Waals surface area contributed by atoms with E-state index in [2.05, 4.69) is 15.0 Å². The first-order chi connectivity index (χ1) is 12.0. The third-order valence-corrected chi connectivity index (χ3v) is 5.04. The summed E-state index contributed by atoms with van der Waals surface area (Å²) in [5.74, 6) is -0.683. The number of hydrogen-bond donors (Lipinski definition) is 1. The summed E-state index contributed by atoms with van der Waals surface area (Å²) in [6, 6.07) is 8.54. The molecule has 3 amide bonds. The molecule has 3 rings (SSSR count). The predicted octanol–water partition coefficient (Wildman–Crippen LogP) is 0.641. The molecule has 2 atom stereocenters. The Bertz CT molecular complexity index is 724. The Morgan fingerprint density at radius 2 is 2.04 bits per heavy atom. The van der Waals surface area contributed by atoms with Gasteiger partial charge in [-0.3, -0.25) is 14.9 Å². The quantitative estimate of drug-likeness (QED) is 0.791. The molecule has 2 heterocycles. The van der Waals surface area contributed by atoms with Gasteiger partial charge in [-0.15, -0.1) is 0 Å². The number of amidine groups is 1. The zero-order valence-electron chi connectivity index (χ0n) is 13.8. The van der Waals surface area contributed by atoms with Crippen molar-refractivity contribution < 1.29 is 19.1 Å². The summed E-state index contributed by atoms with van der Waals surface area (Å²) in [5.41, 5.74) is 1.00. The number of amides is 3. The van der Waals surface area contributed by atoms with Crippen LogP contribution in [0.15, 0.2) is 35.3 Å². The number of methoxy groups -OCH3 is 1. The van der Waals surface area contributed by atoms with Crippen molar-refractivity contribution in [2.24, 2.45) is 4.99 Å². The van der Waals surface area contributed by atoms with Gasteiger partial charge in [0.25, 0.3) is 5.91 Å². The van der Waals surface area contributed by atoms with Gasteiger partial charge in [0.2, 0.25) is 0 Å². The average Bonchev–Trinajstić information content (AvgIpc) is 2.97. The van der Waals surface area contributed by atoms with Crippen molar-refractivity contribution >= 4 is 34.8 Å². The molecule has 8 nitrogen and oxygen atoms in total. The van der Waals surface area contributed by atoms with Crippen molar-refractivity contribution in [1.82, 2.24) is 15.1 Å². The van der Waals surface area contributed by atoms with Crippen LogP contribution in [0.5, 0.6) is 0 Å². The van der Waals surface area contributed by atoms with Crippen molar-refractivity contribution in [2.75, 3.05) is 19.9 Å². The number of carbonyl (C=O) groups excluding carboxylic acids is 3. The Kier molecular flexibility index (Phi) is 4.93. The number of carbonyl (C=O) groups is 3. The molecule has 0 aliphatic carbocycles. The second-order valence-electron chi connectivity index (χ2n) is 5.65. The Labute approximate surface area is 149 Å². The SMILES string of the molecule is COC(=O)CSC1=NC2C(C(=O)NC(=O)N2C)N1Cc1ccccc1. The summed E-state index contributed by atoms with van der Waals surface area (Å²) >= 11 is 1.20. The largest absolute Gasteiger partial charge is 0.468 e.